The van der Waals surface area contributed by atoms with Gasteiger partial charge in [-0.1, -0.05) is 39.5 Å². The van der Waals surface area contributed by atoms with E-state index in [1.165, 1.54) is 12.8 Å². The summed E-state index contributed by atoms with van der Waals surface area (Å²) in [5.74, 6) is 0. The quantitative estimate of drug-likeness (QED) is 0.0207. The van der Waals surface area contributed by atoms with Gasteiger partial charge in [0.05, 0.1) is 59.5 Å². The molecule has 0 aliphatic rings. The molecule has 0 rings (SSSR count). The molecule has 0 saturated heterocycles. The third kappa shape index (κ3) is 68.2. The minimum atomic E-state index is -2.42. The number of aliphatic hydroxyl groups excluding tert-OH is 8. The number of unbranched alkanes of at least 4 members (excludes halogenated alkanes) is 1. The molecule has 1 atom stereocenters. The average Bonchev–Trinajstić information content (AvgIpc) is 0.904. The highest BCUT2D eigenvalue weighted by atomic mass is 28.5. The Labute approximate surface area is 707 Å². The molecule has 0 aromatic rings. The van der Waals surface area contributed by atoms with Crippen LogP contribution >= 0.6 is 0 Å². The number of hydrogen-bond donors (Lipinski definition) is 8. The van der Waals surface area contributed by atoms with Crippen LogP contribution in [0.15, 0.2) is 0 Å². The van der Waals surface area contributed by atoms with Gasteiger partial charge in [-0.3, -0.25) is 0 Å². The molecule has 0 spiro atoms. The van der Waals surface area contributed by atoms with E-state index in [1.54, 1.807) is 0 Å². The van der Waals surface area contributed by atoms with E-state index < -0.39 is 166 Å². The van der Waals surface area contributed by atoms with Gasteiger partial charge in [0.1, 0.15) is 12.2 Å². The molecule has 0 radical (unpaired) electrons. The van der Waals surface area contributed by atoms with Crippen LogP contribution in [-0.4, -0.2) is 275 Å². The molecule has 0 aromatic heterocycles. The van der Waals surface area contributed by atoms with Crippen LogP contribution in [0, 0.1) is 10.8 Å². The van der Waals surface area contributed by atoms with Gasteiger partial charge in [-0.05, 0) is 324 Å². The van der Waals surface area contributed by atoms with Gasteiger partial charge in [-0.25, -0.2) is 0 Å². The van der Waals surface area contributed by atoms with Gasteiger partial charge in [0.25, 0.3) is 0 Å². The van der Waals surface area contributed by atoms with Gasteiger partial charge in [-0.15, -0.1) is 0 Å². The fourth-order valence-corrected chi connectivity index (χ4v) is 88.8. The molecule has 112 heavy (non-hydrogen) atoms. The minimum absolute atomic E-state index is 0.00640. The zero-order chi connectivity index (χ0) is 89.1. The lowest BCUT2D eigenvalue weighted by Gasteiger charge is -2.42. The molecule has 8 N–H and O–H groups in total. The first-order valence-corrected chi connectivity index (χ1v) is 94.1. The second-order valence-electron chi connectivity index (χ2n) is 42.3. The standard InChI is InChI=1S/C23H60O6Si6.C20H52O7Si5.C16H40O5Si3.C13H34O5Si3/c1-30(2,3)26-34(13,27-31(4,5)6)19-15-17-23(21-24,22-25)18-16-20-35(14,28-32(7,8)9)29-33(10,11)12;1-12-13-16-28(2,3)24-30(6,7)26-32(10,11)27-31(8,9)25-29(4,5)17-14-15-23-19-20(22)18-21;1-9-16(13-17,14-18)15-19-11-10-12-24(8,20-22(2,3)4)21-23(5,6)7;1-19(2,3)17-21(7,18-20(4,5)6)10-8-9-16-13(11-14)12-15/h24-25H,15-22H2,1-14H3;20-22H,12-19H2,1-11H3;17-18H,9-15H2,1-8H3;13-15H,8-12H2,1-7H3. The monoisotopic (exact) mass is 1890 g/mol. The zero-order valence-electron chi connectivity index (χ0n) is 80.2. The van der Waals surface area contributed by atoms with Gasteiger partial charge in [0.2, 0.25) is 0 Å². The Morgan fingerprint density at radius 1 is 0.277 bits per heavy atom. The summed E-state index contributed by atoms with van der Waals surface area (Å²) in [6.07, 6.45) is 7.73. The van der Waals surface area contributed by atoms with Crippen molar-refractivity contribution in [2.24, 2.45) is 10.8 Å². The topological polar surface area (TPSA) is 300 Å². The molecule has 0 saturated carbocycles. The molecule has 1 unspecified atom stereocenters. The number of ether oxygens (including phenoxy) is 3. The second kappa shape index (κ2) is 52.6. The first-order chi connectivity index (χ1) is 49.9. The van der Waals surface area contributed by atoms with Crippen LogP contribution in [-0.2, 0) is 63.6 Å². The van der Waals surface area contributed by atoms with Crippen LogP contribution in [0.1, 0.15) is 78.1 Å². The maximum atomic E-state index is 10.3. The largest absolute Gasteiger partial charge is 0.437 e. The van der Waals surface area contributed by atoms with Gasteiger partial charge < -0.3 is 104 Å². The Morgan fingerprint density at radius 2 is 0.536 bits per heavy atom. The van der Waals surface area contributed by atoms with Crippen molar-refractivity contribution in [2.45, 2.75) is 375 Å². The Kier molecular flexibility index (Phi) is 56.9. The number of aliphatic hydroxyl groups is 8. The second-order valence-corrected chi connectivity index (χ2v) is 113. The molecular weight excluding hydrogens is 1710 g/mol. The lowest BCUT2D eigenvalue weighted by atomic mass is 9.81. The smallest absolute Gasteiger partial charge is 0.314 e. The maximum absolute atomic E-state index is 10.3. The van der Waals surface area contributed by atoms with Gasteiger partial charge in [0, 0.05) is 30.7 Å². The van der Waals surface area contributed by atoms with E-state index in [0.717, 1.165) is 81.2 Å². The predicted molar refractivity (Wildman–Crippen MR) is 512 cm³/mol. The highest BCUT2D eigenvalue weighted by Crippen LogP contribution is 2.37. The Bertz CT molecular complexity index is 2300. The molecule has 40 heteroatoms. The summed E-state index contributed by atoms with van der Waals surface area (Å²) in [7, 11) is -33.4. The molecule has 23 nitrogen and oxygen atoms in total. The van der Waals surface area contributed by atoms with Crippen molar-refractivity contribution in [3.63, 3.8) is 0 Å². The molecular formula is C72H186O23Si17. The van der Waals surface area contributed by atoms with Crippen LogP contribution in [0.2, 0.25) is 285 Å². The van der Waals surface area contributed by atoms with E-state index in [1.807, 2.05) is 6.92 Å². The van der Waals surface area contributed by atoms with Crippen molar-refractivity contribution in [3.05, 3.63) is 0 Å². The molecule has 0 heterocycles. The van der Waals surface area contributed by atoms with Gasteiger partial charge in [0.15, 0.2) is 83.2 Å². The molecule has 0 amide bonds. The Balaban J connectivity index is -0.000000708. The summed E-state index contributed by atoms with van der Waals surface area (Å²) in [6.45, 7) is 89.3. The van der Waals surface area contributed by atoms with Crippen molar-refractivity contribution >= 4 is 143 Å². The van der Waals surface area contributed by atoms with E-state index in [4.69, 9.17) is 78.9 Å². The molecule has 0 bridgehead atoms. The molecule has 680 valence electrons. The fraction of sp³-hybridized carbons (Fsp3) is 1.00. The van der Waals surface area contributed by atoms with E-state index in [-0.39, 0.29) is 52.9 Å². The highest BCUT2D eigenvalue weighted by Gasteiger charge is 2.48. The number of hydrogen-bond acceptors (Lipinski definition) is 23. The Morgan fingerprint density at radius 3 is 0.795 bits per heavy atom. The van der Waals surface area contributed by atoms with E-state index >= 15 is 0 Å². The summed E-state index contributed by atoms with van der Waals surface area (Å²) in [5, 5.41) is 75.7. The molecule has 0 aliphatic heterocycles. The van der Waals surface area contributed by atoms with Crippen molar-refractivity contribution in [1.29, 1.82) is 0 Å². The predicted octanol–water partition coefficient (Wildman–Crippen LogP) is 18.3. The van der Waals surface area contributed by atoms with Crippen molar-refractivity contribution in [2.75, 3.05) is 79.3 Å². The van der Waals surface area contributed by atoms with E-state index in [2.05, 4.69) is 256 Å². The van der Waals surface area contributed by atoms with Gasteiger partial charge in [-0.2, -0.15) is 0 Å². The SMILES string of the molecule is CCC(CO)(CO)COCCC[Si](C)(O[Si](C)(C)C)O[Si](C)(C)C.CCCC[Si](C)(C)O[Si](C)(C)O[Si](C)(C)O[Si](C)(C)O[Si](C)(C)CCCOCC(O)CO.C[Si](C)(C)O[Si](C)(CCCC(CO)(CO)CCC[Si](C)(O[Si](C)(C)C)O[Si](C)(C)C)O[Si](C)(C)C.C[Si](C)(C)O[Si](C)(CCCOC(CO)CO)O[Si](C)(C)C. The minimum Gasteiger partial charge on any atom is -0.437 e. The highest BCUT2D eigenvalue weighted by molar-refractivity contribution is 6.92. The van der Waals surface area contributed by atoms with Crippen LogP contribution < -0.4 is 0 Å². The molecule has 0 fully saturated rings. The average molecular weight is 1900 g/mol. The summed E-state index contributed by atoms with van der Waals surface area (Å²) in [6, 6.07) is 5.70. The first-order valence-electron chi connectivity index (χ1n) is 42.0. The first kappa shape index (κ1) is 121. The normalized spacial score (nSPS) is 14.8. The summed E-state index contributed by atoms with van der Waals surface area (Å²) in [4.78, 5) is 0. The van der Waals surface area contributed by atoms with Crippen LogP contribution in [0.25, 0.3) is 0 Å². The van der Waals surface area contributed by atoms with Gasteiger partial charge >= 0.3 is 59.9 Å². The van der Waals surface area contributed by atoms with Crippen LogP contribution in [0.4, 0.5) is 0 Å². The van der Waals surface area contributed by atoms with E-state index in [9.17, 15) is 25.5 Å². The molecule has 0 aliphatic carbocycles. The van der Waals surface area contributed by atoms with Crippen molar-refractivity contribution < 1.29 is 104 Å². The number of rotatable bonds is 60. The zero-order valence-corrected chi connectivity index (χ0v) is 97.2. The summed E-state index contributed by atoms with van der Waals surface area (Å²) >= 11 is 0. The maximum Gasteiger partial charge on any atom is 0.314 e. The summed E-state index contributed by atoms with van der Waals surface area (Å²) < 4.78 is 95.4. The molecule has 0 aromatic carbocycles. The summed E-state index contributed by atoms with van der Waals surface area (Å²) in [5.41, 5.74) is -1.01. The lowest BCUT2D eigenvalue weighted by Crippen LogP contribution is -2.58. The Hall–Kier alpha value is 2.77. The van der Waals surface area contributed by atoms with Crippen LogP contribution in [0.3, 0.4) is 0 Å². The van der Waals surface area contributed by atoms with Crippen LogP contribution in [0.5, 0.6) is 0 Å². The van der Waals surface area contributed by atoms with E-state index in [0.29, 0.717) is 32.8 Å². The lowest BCUT2D eigenvalue weighted by molar-refractivity contribution is -0.0298. The van der Waals surface area contributed by atoms with Crippen molar-refractivity contribution in [3.8, 4) is 0 Å². The third-order valence-corrected chi connectivity index (χ3v) is 74.4. The fourth-order valence-electron chi connectivity index (χ4n) is 13.9. The van der Waals surface area contributed by atoms with Crippen molar-refractivity contribution in [1.82, 2.24) is 0 Å². The third-order valence-electron chi connectivity index (χ3n) is 16.6.